The van der Waals surface area contributed by atoms with Crippen molar-refractivity contribution >= 4 is 23.3 Å². The SMILES string of the molecule is Cc1ncsc1CN(C)C(=O)N(C)CCC(=O)O. The van der Waals surface area contributed by atoms with Crippen LogP contribution < -0.4 is 0 Å². The minimum absolute atomic E-state index is 0.0460. The number of carbonyl (C=O) groups excluding carboxylic acids is 1. The van der Waals surface area contributed by atoms with Gasteiger partial charge >= 0.3 is 12.0 Å². The molecule has 1 N–H and O–H groups in total. The highest BCUT2D eigenvalue weighted by molar-refractivity contribution is 7.09. The number of carboxylic acid groups (broad SMARTS) is 1. The van der Waals surface area contributed by atoms with Crippen molar-refractivity contribution < 1.29 is 14.7 Å². The van der Waals surface area contributed by atoms with Crippen LogP contribution in [0.15, 0.2) is 5.51 Å². The first kappa shape index (κ1) is 14.4. The fraction of sp³-hybridized carbons (Fsp3) is 0.545. The molecule has 7 heteroatoms. The number of nitrogens with zero attached hydrogens (tertiary/aromatic N) is 3. The van der Waals surface area contributed by atoms with E-state index in [1.54, 1.807) is 24.5 Å². The van der Waals surface area contributed by atoms with Gasteiger partial charge in [0, 0.05) is 25.5 Å². The highest BCUT2D eigenvalue weighted by atomic mass is 32.1. The lowest BCUT2D eigenvalue weighted by Gasteiger charge is -2.24. The van der Waals surface area contributed by atoms with Crippen LogP contribution in [-0.4, -0.2) is 52.5 Å². The first-order chi connectivity index (χ1) is 8.41. The van der Waals surface area contributed by atoms with Crippen LogP contribution in [0.4, 0.5) is 4.79 Å². The van der Waals surface area contributed by atoms with Gasteiger partial charge in [0.2, 0.25) is 0 Å². The maximum Gasteiger partial charge on any atom is 0.319 e. The molecule has 0 fully saturated rings. The van der Waals surface area contributed by atoms with Crippen molar-refractivity contribution in [2.45, 2.75) is 19.9 Å². The minimum atomic E-state index is -0.907. The monoisotopic (exact) mass is 271 g/mol. The van der Waals surface area contributed by atoms with Crippen molar-refractivity contribution in [3.8, 4) is 0 Å². The van der Waals surface area contributed by atoms with E-state index in [9.17, 15) is 9.59 Å². The lowest BCUT2D eigenvalue weighted by Crippen LogP contribution is -2.39. The van der Waals surface area contributed by atoms with Gasteiger partial charge in [0.1, 0.15) is 0 Å². The van der Waals surface area contributed by atoms with Crippen molar-refractivity contribution in [3.63, 3.8) is 0 Å². The van der Waals surface area contributed by atoms with Crippen LogP contribution in [0.1, 0.15) is 17.0 Å². The van der Waals surface area contributed by atoms with Crippen LogP contribution >= 0.6 is 11.3 Å². The van der Waals surface area contributed by atoms with E-state index in [2.05, 4.69) is 4.98 Å². The summed E-state index contributed by atoms with van der Waals surface area (Å²) < 4.78 is 0. The van der Waals surface area contributed by atoms with Crippen molar-refractivity contribution in [2.75, 3.05) is 20.6 Å². The highest BCUT2D eigenvalue weighted by Gasteiger charge is 2.16. The summed E-state index contributed by atoms with van der Waals surface area (Å²) in [5.41, 5.74) is 2.67. The zero-order valence-electron chi connectivity index (χ0n) is 10.7. The number of thiazole rings is 1. The summed E-state index contributed by atoms with van der Waals surface area (Å²) in [5.74, 6) is -0.907. The van der Waals surface area contributed by atoms with Crippen molar-refractivity contribution in [1.82, 2.24) is 14.8 Å². The lowest BCUT2D eigenvalue weighted by atomic mass is 10.3. The fourth-order valence-electron chi connectivity index (χ4n) is 1.41. The van der Waals surface area contributed by atoms with Crippen LogP contribution in [0.5, 0.6) is 0 Å². The molecular weight excluding hydrogens is 254 g/mol. The van der Waals surface area contributed by atoms with Gasteiger partial charge in [-0.2, -0.15) is 0 Å². The smallest absolute Gasteiger partial charge is 0.319 e. The second-order valence-electron chi connectivity index (χ2n) is 4.06. The van der Waals surface area contributed by atoms with Gasteiger partial charge in [-0.15, -0.1) is 11.3 Å². The maximum atomic E-state index is 11.9. The average molecular weight is 271 g/mol. The van der Waals surface area contributed by atoms with Gasteiger partial charge in [0.25, 0.3) is 0 Å². The van der Waals surface area contributed by atoms with Crippen LogP contribution in [-0.2, 0) is 11.3 Å². The number of hydrogen-bond acceptors (Lipinski definition) is 4. The van der Waals surface area contributed by atoms with E-state index in [-0.39, 0.29) is 19.0 Å². The standard InChI is InChI=1S/C11H17N3O3S/c1-8-9(18-7-12-8)6-14(3)11(17)13(2)5-4-10(15)16/h7H,4-6H2,1-3H3,(H,15,16). The van der Waals surface area contributed by atoms with Crippen molar-refractivity contribution in [3.05, 3.63) is 16.1 Å². The largest absolute Gasteiger partial charge is 0.481 e. The van der Waals surface area contributed by atoms with E-state index in [1.165, 1.54) is 16.2 Å². The second-order valence-corrected chi connectivity index (χ2v) is 5.00. The summed E-state index contributed by atoms with van der Waals surface area (Å²) in [6.45, 7) is 2.60. The van der Waals surface area contributed by atoms with Crippen LogP contribution in [0, 0.1) is 6.92 Å². The highest BCUT2D eigenvalue weighted by Crippen LogP contribution is 2.14. The molecule has 0 atom stereocenters. The Labute approximate surface area is 110 Å². The van der Waals surface area contributed by atoms with Gasteiger partial charge in [-0.25, -0.2) is 9.78 Å². The Morgan fingerprint density at radius 1 is 1.39 bits per heavy atom. The minimum Gasteiger partial charge on any atom is -0.481 e. The van der Waals surface area contributed by atoms with Gasteiger partial charge in [0.15, 0.2) is 0 Å². The Hall–Kier alpha value is -1.63. The van der Waals surface area contributed by atoms with Gasteiger partial charge in [-0.05, 0) is 6.92 Å². The van der Waals surface area contributed by atoms with E-state index in [0.29, 0.717) is 6.54 Å². The number of carbonyl (C=O) groups is 2. The first-order valence-electron chi connectivity index (χ1n) is 5.48. The molecule has 0 aliphatic rings. The predicted octanol–water partition coefficient (Wildman–Crippen LogP) is 1.41. The Morgan fingerprint density at radius 3 is 2.56 bits per heavy atom. The number of carboxylic acids is 1. The Balaban J connectivity index is 2.50. The zero-order valence-corrected chi connectivity index (χ0v) is 11.5. The molecule has 18 heavy (non-hydrogen) atoms. The lowest BCUT2D eigenvalue weighted by molar-refractivity contribution is -0.137. The van der Waals surface area contributed by atoms with E-state index in [1.807, 2.05) is 6.92 Å². The third-order valence-corrected chi connectivity index (χ3v) is 3.46. The summed E-state index contributed by atoms with van der Waals surface area (Å²) in [6, 6.07) is -0.191. The van der Waals surface area contributed by atoms with Gasteiger partial charge in [-0.1, -0.05) is 0 Å². The molecule has 0 aliphatic heterocycles. The first-order valence-corrected chi connectivity index (χ1v) is 6.36. The third kappa shape index (κ3) is 3.99. The number of aliphatic carboxylic acids is 1. The Kier molecular flexibility index (Phi) is 5.08. The molecule has 6 nitrogen and oxygen atoms in total. The summed E-state index contributed by atoms with van der Waals surface area (Å²) in [7, 11) is 3.29. The molecule has 1 rings (SSSR count). The van der Waals surface area contributed by atoms with Crippen LogP contribution in [0.2, 0.25) is 0 Å². The van der Waals surface area contributed by atoms with Crippen molar-refractivity contribution in [2.24, 2.45) is 0 Å². The van der Waals surface area contributed by atoms with E-state index in [4.69, 9.17) is 5.11 Å². The summed E-state index contributed by atoms with van der Waals surface area (Å²) in [5, 5.41) is 8.57. The zero-order chi connectivity index (χ0) is 13.7. The van der Waals surface area contributed by atoms with E-state index in [0.717, 1.165) is 10.6 Å². The van der Waals surface area contributed by atoms with Gasteiger partial charge < -0.3 is 14.9 Å². The third-order valence-electron chi connectivity index (χ3n) is 2.54. The number of hydrogen-bond donors (Lipinski definition) is 1. The molecule has 0 saturated heterocycles. The molecule has 0 bridgehead atoms. The molecule has 1 aromatic rings. The predicted molar refractivity (Wildman–Crippen MR) is 68.6 cm³/mol. The molecule has 0 aliphatic carbocycles. The second kappa shape index (κ2) is 6.34. The summed E-state index contributed by atoms with van der Waals surface area (Å²) in [4.78, 5) is 30.5. The number of rotatable bonds is 5. The Morgan fingerprint density at radius 2 is 2.06 bits per heavy atom. The van der Waals surface area contributed by atoms with Crippen LogP contribution in [0.25, 0.3) is 0 Å². The number of aryl methyl sites for hydroxylation is 1. The molecule has 0 spiro atoms. The normalized spacial score (nSPS) is 10.2. The molecule has 0 unspecified atom stereocenters. The molecule has 1 heterocycles. The Bertz CT molecular complexity index is 433. The van der Waals surface area contributed by atoms with Gasteiger partial charge in [-0.3, -0.25) is 4.79 Å². The number of urea groups is 1. The van der Waals surface area contributed by atoms with Crippen LogP contribution in [0.3, 0.4) is 0 Å². The summed E-state index contributed by atoms with van der Waals surface area (Å²) >= 11 is 1.51. The number of aromatic nitrogens is 1. The average Bonchev–Trinajstić information content (AvgIpc) is 2.70. The maximum absolute atomic E-state index is 11.9. The molecule has 0 saturated carbocycles. The molecule has 0 aromatic carbocycles. The van der Waals surface area contributed by atoms with Crippen molar-refractivity contribution in [1.29, 1.82) is 0 Å². The fourth-order valence-corrected chi connectivity index (χ4v) is 2.24. The quantitative estimate of drug-likeness (QED) is 0.878. The van der Waals surface area contributed by atoms with E-state index < -0.39 is 5.97 Å². The molecule has 0 radical (unpaired) electrons. The summed E-state index contributed by atoms with van der Waals surface area (Å²) in [6.07, 6.45) is -0.0460. The molecule has 100 valence electrons. The topological polar surface area (TPSA) is 73.7 Å². The molecule has 1 aromatic heterocycles. The molecule has 2 amide bonds. The number of amides is 2. The van der Waals surface area contributed by atoms with Gasteiger partial charge in [0.05, 0.1) is 24.2 Å². The molecular formula is C11H17N3O3S. The van der Waals surface area contributed by atoms with E-state index >= 15 is 0 Å².